The molecule has 1 aromatic heterocycles. The quantitative estimate of drug-likeness (QED) is 0.604. The fourth-order valence-electron chi connectivity index (χ4n) is 2.97. The number of ether oxygens (including phenoxy) is 1. The van der Waals surface area contributed by atoms with Gasteiger partial charge in [-0.3, -0.25) is 4.79 Å². The highest BCUT2D eigenvalue weighted by atomic mass is 16.5. The molecule has 2 atom stereocenters. The Kier molecular flexibility index (Phi) is 7.61. The number of nitrogens with one attached hydrogen (secondary N) is 1. The van der Waals surface area contributed by atoms with Gasteiger partial charge in [-0.1, -0.05) is 33.1 Å². The van der Waals surface area contributed by atoms with Crippen molar-refractivity contribution in [2.45, 2.75) is 65.0 Å². The van der Waals surface area contributed by atoms with Crippen LogP contribution in [-0.4, -0.2) is 29.1 Å². The summed E-state index contributed by atoms with van der Waals surface area (Å²) < 4.78 is 10.9. The number of aryl methyl sites for hydroxylation is 1. The SMILES string of the molecule is CCCC[C@@H](NC(=O)[C@H](C)Oc1ccc2c(CCC)cc(=O)oc2c1)C(=O)O. The molecule has 2 N–H and O–H groups in total. The fraction of sp³-hybridized carbons (Fsp3) is 0.476. The van der Waals surface area contributed by atoms with E-state index in [1.165, 1.54) is 6.07 Å². The number of aliphatic carboxylic acids is 1. The van der Waals surface area contributed by atoms with E-state index in [-0.39, 0.29) is 0 Å². The van der Waals surface area contributed by atoms with Crippen LogP contribution in [0.3, 0.4) is 0 Å². The number of carboxylic acids is 1. The monoisotopic (exact) mass is 389 g/mol. The summed E-state index contributed by atoms with van der Waals surface area (Å²) in [6.45, 7) is 5.53. The predicted molar refractivity (Wildman–Crippen MR) is 106 cm³/mol. The number of carboxylic acid groups (broad SMARTS) is 1. The summed E-state index contributed by atoms with van der Waals surface area (Å²) in [6.07, 6.45) is 2.67. The second kappa shape index (κ2) is 9.92. The molecule has 0 saturated heterocycles. The minimum absolute atomic E-state index is 0.367. The van der Waals surface area contributed by atoms with Crippen LogP contribution in [0.15, 0.2) is 33.5 Å². The second-order valence-electron chi connectivity index (χ2n) is 6.80. The van der Waals surface area contributed by atoms with Gasteiger partial charge in [0, 0.05) is 17.5 Å². The molecule has 0 aliphatic heterocycles. The maximum absolute atomic E-state index is 12.3. The van der Waals surface area contributed by atoms with Crippen LogP contribution >= 0.6 is 0 Å². The molecule has 2 rings (SSSR count). The molecule has 0 radical (unpaired) electrons. The van der Waals surface area contributed by atoms with Crippen molar-refractivity contribution in [3.05, 3.63) is 40.2 Å². The Bertz CT molecular complexity index is 888. The van der Waals surface area contributed by atoms with Gasteiger partial charge in [0.1, 0.15) is 17.4 Å². The molecule has 2 aromatic rings. The van der Waals surface area contributed by atoms with E-state index in [2.05, 4.69) is 5.32 Å². The lowest BCUT2D eigenvalue weighted by molar-refractivity contribution is -0.143. The topological polar surface area (TPSA) is 106 Å². The van der Waals surface area contributed by atoms with Gasteiger partial charge in [-0.25, -0.2) is 9.59 Å². The van der Waals surface area contributed by atoms with Crippen LogP contribution in [0.1, 0.15) is 52.0 Å². The van der Waals surface area contributed by atoms with Crippen LogP contribution in [0.2, 0.25) is 0 Å². The molecule has 0 fully saturated rings. The van der Waals surface area contributed by atoms with Gasteiger partial charge in [-0.2, -0.15) is 0 Å². The van der Waals surface area contributed by atoms with Crippen molar-refractivity contribution in [2.24, 2.45) is 0 Å². The van der Waals surface area contributed by atoms with Crippen LogP contribution in [0, 0.1) is 0 Å². The summed E-state index contributed by atoms with van der Waals surface area (Å²) in [5.41, 5.74) is 0.873. The number of unbranched alkanes of at least 4 members (excludes halogenated alkanes) is 1. The lowest BCUT2D eigenvalue weighted by atomic mass is 10.1. The predicted octanol–water partition coefficient (Wildman–Crippen LogP) is 3.27. The minimum Gasteiger partial charge on any atom is -0.481 e. The molecule has 0 bridgehead atoms. The van der Waals surface area contributed by atoms with E-state index in [1.54, 1.807) is 25.1 Å². The van der Waals surface area contributed by atoms with Gasteiger partial charge in [-0.15, -0.1) is 0 Å². The minimum atomic E-state index is -1.06. The van der Waals surface area contributed by atoms with Crippen molar-refractivity contribution < 1.29 is 23.8 Å². The van der Waals surface area contributed by atoms with E-state index >= 15 is 0 Å². The third-order valence-corrected chi connectivity index (χ3v) is 4.46. The molecule has 1 aromatic carbocycles. The molecule has 0 aliphatic rings. The standard InChI is InChI=1S/C21H27NO6/c1-4-6-8-17(21(25)26)22-20(24)13(3)27-15-9-10-16-14(7-5-2)11-19(23)28-18(16)12-15/h9-13,17H,4-8H2,1-3H3,(H,22,24)(H,25,26)/t13-,17+/m0/s1. The van der Waals surface area contributed by atoms with E-state index in [9.17, 15) is 19.5 Å². The number of hydrogen-bond acceptors (Lipinski definition) is 5. The molecule has 0 saturated carbocycles. The summed E-state index contributed by atoms with van der Waals surface area (Å²) in [6, 6.07) is 5.63. The molecular weight excluding hydrogens is 362 g/mol. The summed E-state index contributed by atoms with van der Waals surface area (Å²) in [5.74, 6) is -1.21. The zero-order valence-corrected chi connectivity index (χ0v) is 16.5. The molecule has 152 valence electrons. The van der Waals surface area contributed by atoms with Crippen molar-refractivity contribution in [1.82, 2.24) is 5.32 Å². The first kappa shape index (κ1) is 21.5. The summed E-state index contributed by atoms with van der Waals surface area (Å²) in [4.78, 5) is 35.4. The zero-order chi connectivity index (χ0) is 20.7. The van der Waals surface area contributed by atoms with Gasteiger partial charge >= 0.3 is 11.6 Å². The third kappa shape index (κ3) is 5.58. The molecule has 1 heterocycles. The van der Waals surface area contributed by atoms with E-state index in [0.29, 0.717) is 24.2 Å². The van der Waals surface area contributed by atoms with Crippen molar-refractivity contribution in [3.8, 4) is 5.75 Å². The highest BCUT2D eigenvalue weighted by molar-refractivity contribution is 5.86. The summed E-state index contributed by atoms with van der Waals surface area (Å²) in [5, 5.41) is 12.6. The molecule has 0 unspecified atom stereocenters. The number of carbonyl (C=O) groups is 2. The molecule has 28 heavy (non-hydrogen) atoms. The lowest BCUT2D eigenvalue weighted by Gasteiger charge is -2.19. The van der Waals surface area contributed by atoms with Crippen LogP contribution < -0.4 is 15.7 Å². The smallest absolute Gasteiger partial charge is 0.336 e. The first-order chi connectivity index (χ1) is 13.3. The number of rotatable bonds is 10. The summed E-state index contributed by atoms with van der Waals surface area (Å²) >= 11 is 0. The van der Waals surface area contributed by atoms with Gasteiger partial charge in [0.2, 0.25) is 0 Å². The van der Waals surface area contributed by atoms with Gasteiger partial charge in [0.25, 0.3) is 5.91 Å². The maximum Gasteiger partial charge on any atom is 0.336 e. The first-order valence-electron chi connectivity index (χ1n) is 9.62. The normalized spacial score (nSPS) is 13.1. The van der Waals surface area contributed by atoms with E-state index in [1.807, 2.05) is 13.8 Å². The number of amides is 1. The van der Waals surface area contributed by atoms with Gasteiger partial charge in [0.05, 0.1) is 0 Å². The average molecular weight is 389 g/mol. The highest BCUT2D eigenvalue weighted by Gasteiger charge is 2.23. The third-order valence-electron chi connectivity index (χ3n) is 4.46. The largest absolute Gasteiger partial charge is 0.481 e. The number of benzene rings is 1. The van der Waals surface area contributed by atoms with E-state index in [4.69, 9.17) is 9.15 Å². The molecule has 0 aliphatic carbocycles. The molecule has 7 heteroatoms. The van der Waals surface area contributed by atoms with Gasteiger partial charge in [-0.05, 0) is 37.5 Å². The van der Waals surface area contributed by atoms with E-state index in [0.717, 1.165) is 30.2 Å². The van der Waals surface area contributed by atoms with Crippen molar-refractivity contribution in [2.75, 3.05) is 0 Å². The number of hydrogen-bond donors (Lipinski definition) is 2. The highest BCUT2D eigenvalue weighted by Crippen LogP contribution is 2.24. The first-order valence-corrected chi connectivity index (χ1v) is 9.62. The lowest BCUT2D eigenvalue weighted by Crippen LogP contribution is -2.46. The Hall–Kier alpha value is -2.83. The van der Waals surface area contributed by atoms with Gasteiger partial charge in [0.15, 0.2) is 6.10 Å². The summed E-state index contributed by atoms with van der Waals surface area (Å²) in [7, 11) is 0. The van der Waals surface area contributed by atoms with Crippen molar-refractivity contribution in [3.63, 3.8) is 0 Å². The Balaban J connectivity index is 2.13. The average Bonchev–Trinajstić information content (AvgIpc) is 2.64. The molecular formula is C21H27NO6. The number of carbonyl (C=O) groups excluding carboxylic acids is 1. The van der Waals surface area contributed by atoms with Crippen LogP contribution in [0.5, 0.6) is 5.75 Å². The van der Waals surface area contributed by atoms with Crippen LogP contribution in [0.4, 0.5) is 0 Å². The van der Waals surface area contributed by atoms with Crippen LogP contribution in [-0.2, 0) is 16.0 Å². The maximum atomic E-state index is 12.3. The number of fused-ring (bicyclic) bond motifs is 1. The zero-order valence-electron chi connectivity index (χ0n) is 16.5. The molecule has 7 nitrogen and oxygen atoms in total. The fourth-order valence-corrected chi connectivity index (χ4v) is 2.97. The second-order valence-corrected chi connectivity index (χ2v) is 6.80. The Labute approximate surface area is 163 Å². The van der Waals surface area contributed by atoms with Crippen LogP contribution in [0.25, 0.3) is 11.0 Å². The Morgan fingerprint density at radius 2 is 1.96 bits per heavy atom. The Morgan fingerprint density at radius 3 is 2.61 bits per heavy atom. The Morgan fingerprint density at radius 1 is 1.21 bits per heavy atom. The van der Waals surface area contributed by atoms with Gasteiger partial charge < -0.3 is 19.6 Å². The van der Waals surface area contributed by atoms with Crippen molar-refractivity contribution in [1.29, 1.82) is 0 Å². The molecule has 0 spiro atoms. The van der Waals surface area contributed by atoms with Crippen molar-refractivity contribution >= 4 is 22.8 Å². The van der Waals surface area contributed by atoms with E-state index < -0.39 is 29.6 Å². The molecule has 1 amide bonds.